The van der Waals surface area contributed by atoms with E-state index in [9.17, 15) is 48.2 Å². The van der Waals surface area contributed by atoms with Crippen molar-refractivity contribution in [2.24, 2.45) is 5.41 Å². The number of nitrogens with zero attached hydrogens (tertiary/aromatic N) is 1. The summed E-state index contributed by atoms with van der Waals surface area (Å²) in [4.78, 5) is 54.4. The molecule has 2 heterocycles. The third kappa shape index (κ3) is 11.9. The summed E-state index contributed by atoms with van der Waals surface area (Å²) in [5, 5.41) is 20.4. The van der Waals surface area contributed by atoms with Crippen LogP contribution >= 0.6 is 23.5 Å². The zero-order valence-corrected chi connectivity index (χ0v) is 26.2. The standard InChI is InChI=1S/C22H37N2O15P3/c1-14(7-6-10-22(3,4)5)15(2)9-12-35-40(29,30)38-42(33,34)39-41(31,32)36-13-16-18(26)19(27)20(37-16)24-11-8-17(25)23-21(24)28/h7-9,11,16,18-20,26-27H,6,10,12-13H2,1-5H3,(H,29,30)(H,31,32)(H,33,34)(H,23,25,28)/b14-7+,15-9+. The van der Waals surface area contributed by atoms with Gasteiger partial charge in [0.1, 0.15) is 18.3 Å². The highest BCUT2D eigenvalue weighted by Crippen LogP contribution is 2.67. The maximum Gasteiger partial charge on any atom is 0.490 e. The van der Waals surface area contributed by atoms with Crippen LogP contribution in [0.3, 0.4) is 0 Å². The van der Waals surface area contributed by atoms with Crippen LogP contribution in [0.1, 0.15) is 53.7 Å². The fourth-order valence-electron chi connectivity index (χ4n) is 3.51. The van der Waals surface area contributed by atoms with Crippen molar-refractivity contribution in [3.05, 3.63) is 56.4 Å². The predicted molar refractivity (Wildman–Crippen MR) is 147 cm³/mol. The average Bonchev–Trinajstić information content (AvgIpc) is 3.08. The van der Waals surface area contributed by atoms with Gasteiger partial charge >= 0.3 is 29.2 Å². The largest absolute Gasteiger partial charge is 0.490 e. The maximum absolute atomic E-state index is 12.2. The highest BCUT2D eigenvalue weighted by atomic mass is 31.3. The van der Waals surface area contributed by atoms with E-state index in [0.29, 0.717) is 5.57 Å². The van der Waals surface area contributed by atoms with Crippen molar-refractivity contribution in [1.29, 1.82) is 0 Å². The van der Waals surface area contributed by atoms with Crippen LogP contribution in [0, 0.1) is 5.41 Å². The molecule has 6 N–H and O–H groups in total. The number of rotatable bonds is 14. The van der Waals surface area contributed by atoms with Crippen molar-refractivity contribution in [2.45, 2.75) is 72.0 Å². The Labute approximate surface area is 241 Å². The molecule has 1 aliphatic rings. The summed E-state index contributed by atoms with van der Waals surface area (Å²) < 4.78 is 59.7. The monoisotopic (exact) mass is 662 g/mol. The number of aliphatic hydroxyl groups excluding tert-OH is 2. The van der Waals surface area contributed by atoms with Crippen LogP contribution < -0.4 is 11.2 Å². The number of aliphatic hydroxyl groups is 2. The Morgan fingerprint density at radius 3 is 2.12 bits per heavy atom. The van der Waals surface area contributed by atoms with Crippen LogP contribution in [0.25, 0.3) is 0 Å². The van der Waals surface area contributed by atoms with E-state index in [0.717, 1.165) is 35.2 Å². The smallest absolute Gasteiger partial charge is 0.387 e. The highest BCUT2D eigenvalue weighted by Gasteiger charge is 2.47. The van der Waals surface area contributed by atoms with E-state index in [-0.39, 0.29) is 5.41 Å². The lowest BCUT2D eigenvalue weighted by atomic mass is 9.90. The molecule has 0 aliphatic carbocycles. The first-order chi connectivity index (χ1) is 19.1. The molecule has 1 saturated heterocycles. The van der Waals surface area contributed by atoms with Gasteiger partial charge in [-0.1, -0.05) is 44.1 Å². The lowest BCUT2D eigenvalue weighted by molar-refractivity contribution is -0.0542. The summed E-state index contributed by atoms with van der Waals surface area (Å²) in [5.74, 6) is 0. The quantitative estimate of drug-likeness (QED) is 0.123. The number of nitrogens with one attached hydrogen (secondary N) is 1. The Morgan fingerprint density at radius 1 is 0.976 bits per heavy atom. The second-order valence-electron chi connectivity index (χ2n) is 10.6. The molecule has 1 aromatic heterocycles. The van der Waals surface area contributed by atoms with E-state index >= 15 is 0 Å². The molecular weight excluding hydrogens is 625 g/mol. The third-order valence-corrected chi connectivity index (χ3v) is 10.1. The molecule has 0 radical (unpaired) electrons. The molecule has 17 nitrogen and oxygen atoms in total. The van der Waals surface area contributed by atoms with E-state index in [4.69, 9.17) is 4.74 Å². The van der Waals surface area contributed by atoms with Gasteiger partial charge in [-0.3, -0.25) is 23.4 Å². The molecule has 0 amide bonds. The number of ether oxygens (including phenoxy) is 1. The maximum atomic E-state index is 12.2. The molecule has 0 aromatic carbocycles. The van der Waals surface area contributed by atoms with Crippen molar-refractivity contribution in [2.75, 3.05) is 13.2 Å². The molecule has 0 bridgehead atoms. The molecule has 1 aliphatic heterocycles. The van der Waals surface area contributed by atoms with Crippen LogP contribution in [-0.4, -0.2) is 66.0 Å². The first-order valence-corrected chi connectivity index (χ1v) is 17.0. The first-order valence-electron chi connectivity index (χ1n) is 12.5. The Bertz CT molecular complexity index is 1410. The van der Waals surface area contributed by atoms with E-state index in [1.807, 2.05) is 18.0 Å². The Hall–Kier alpha value is -1.55. The number of H-pyrrole nitrogens is 1. The number of hydrogen-bond acceptors (Lipinski definition) is 12. The van der Waals surface area contributed by atoms with Crippen LogP contribution in [-0.2, 0) is 36.1 Å². The number of phosphoric ester groups is 2. The van der Waals surface area contributed by atoms with Gasteiger partial charge in [0.25, 0.3) is 5.56 Å². The summed E-state index contributed by atoms with van der Waals surface area (Å²) in [7, 11) is -16.6. The van der Waals surface area contributed by atoms with Crippen LogP contribution in [0.4, 0.5) is 0 Å². The summed E-state index contributed by atoms with van der Waals surface area (Å²) in [6.45, 7) is 8.32. The van der Waals surface area contributed by atoms with Crippen molar-refractivity contribution < 1.29 is 61.0 Å². The Balaban J connectivity index is 1.92. The number of phosphoric acid groups is 3. The summed E-state index contributed by atoms with van der Waals surface area (Å²) in [5.41, 5.74) is 0.00482. The second-order valence-corrected chi connectivity index (χ2v) is 15.2. The van der Waals surface area contributed by atoms with Gasteiger partial charge in [0.15, 0.2) is 6.23 Å². The van der Waals surface area contributed by atoms with Crippen molar-refractivity contribution >= 4 is 23.5 Å². The van der Waals surface area contributed by atoms with Gasteiger partial charge in [-0.2, -0.15) is 8.62 Å². The molecule has 1 aromatic rings. The number of hydrogen-bond donors (Lipinski definition) is 6. The van der Waals surface area contributed by atoms with E-state index in [1.165, 1.54) is 6.08 Å². The molecule has 42 heavy (non-hydrogen) atoms. The lowest BCUT2D eigenvalue weighted by Gasteiger charge is -2.20. The zero-order chi connectivity index (χ0) is 32.1. The SMILES string of the molecule is CC(=C\CCC(C)(C)C)/C(C)=C/COP(=O)(O)OP(=O)(O)OP(=O)(O)OCC1OC(n2ccc(=O)[nH]c2=O)C(O)C1O. The zero-order valence-electron chi connectivity index (χ0n) is 23.6. The molecule has 20 heteroatoms. The minimum atomic E-state index is -5.75. The van der Waals surface area contributed by atoms with Gasteiger partial charge in [0.05, 0.1) is 13.2 Å². The Kier molecular flexibility index (Phi) is 12.6. The third-order valence-electron chi connectivity index (χ3n) is 5.87. The lowest BCUT2D eigenvalue weighted by Crippen LogP contribution is -2.37. The minimum Gasteiger partial charge on any atom is -0.387 e. The van der Waals surface area contributed by atoms with Crippen molar-refractivity contribution in [3.8, 4) is 0 Å². The van der Waals surface area contributed by atoms with Crippen LogP contribution in [0.2, 0.25) is 0 Å². The number of aromatic amines is 1. The van der Waals surface area contributed by atoms with Gasteiger partial charge < -0.3 is 29.6 Å². The molecule has 1 fully saturated rings. The van der Waals surface area contributed by atoms with Crippen molar-refractivity contribution in [1.82, 2.24) is 9.55 Å². The fraction of sp³-hybridized carbons (Fsp3) is 0.636. The van der Waals surface area contributed by atoms with Gasteiger partial charge in [0, 0.05) is 12.3 Å². The molecule has 0 spiro atoms. The van der Waals surface area contributed by atoms with E-state index in [2.05, 4.69) is 38.4 Å². The van der Waals surface area contributed by atoms with E-state index < -0.39 is 72.5 Å². The fourth-order valence-corrected chi connectivity index (χ4v) is 6.96. The Morgan fingerprint density at radius 2 is 1.55 bits per heavy atom. The summed E-state index contributed by atoms with van der Waals surface area (Å²) in [6.07, 6.45) is -0.525. The molecule has 0 saturated carbocycles. The topological polar surface area (TPSA) is 253 Å². The number of allylic oxidation sites excluding steroid dienone is 3. The predicted octanol–water partition coefficient (Wildman–Crippen LogP) is 2.24. The second kappa shape index (κ2) is 14.5. The molecular formula is C22H37N2O15P3. The first kappa shape index (κ1) is 36.6. The van der Waals surface area contributed by atoms with Gasteiger partial charge in [-0.25, -0.2) is 18.5 Å². The molecule has 2 rings (SSSR count). The van der Waals surface area contributed by atoms with Gasteiger partial charge in [-0.15, -0.1) is 0 Å². The summed E-state index contributed by atoms with van der Waals surface area (Å²) in [6, 6.07) is 0.941. The average molecular weight is 662 g/mol. The van der Waals surface area contributed by atoms with Crippen LogP contribution in [0.15, 0.2) is 45.2 Å². The molecule has 240 valence electrons. The molecule has 7 atom stereocenters. The number of aromatic nitrogens is 2. The minimum absolute atomic E-state index is 0.146. The summed E-state index contributed by atoms with van der Waals surface area (Å²) >= 11 is 0. The van der Waals surface area contributed by atoms with E-state index in [1.54, 1.807) is 6.92 Å². The molecule has 7 unspecified atom stereocenters. The van der Waals surface area contributed by atoms with Gasteiger partial charge in [-0.05, 0) is 32.1 Å². The van der Waals surface area contributed by atoms with Gasteiger partial charge in [0.2, 0.25) is 0 Å². The van der Waals surface area contributed by atoms with Crippen LogP contribution in [0.5, 0.6) is 0 Å². The normalized spacial score (nSPS) is 26.4. The van der Waals surface area contributed by atoms with Crippen molar-refractivity contribution in [3.63, 3.8) is 0 Å². The highest BCUT2D eigenvalue weighted by molar-refractivity contribution is 7.66.